The molecule has 5 nitrogen and oxygen atoms in total. The zero-order valence-corrected chi connectivity index (χ0v) is 11.2. The Hall–Kier alpha value is -2.44. The molecule has 0 bridgehead atoms. The van der Waals surface area contributed by atoms with Crippen LogP contribution in [0.15, 0.2) is 18.3 Å². The molecule has 106 valence electrons. The number of benzene rings is 1. The number of carbonyl (C=O) groups is 1. The molecule has 0 saturated heterocycles. The summed E-state index contributed by atoms with van der Waals surface area (Å²) in [5.41, 5.74) is 0.672. The van der Waals surface area contributed by atoms with E-state index in [4.69, 9.17) is 0 Å². The van der Waals surface area contributed by atoms with E-state index in [0.717, 1.165) is 13.2 Å². The fourth-order valence-corrected chi connectivity index (χ4v) is 1.78. The predicted molar refractivity (Wildman–Crippen MR) is 68.9 cm³/mol. The van der Waals surface area contributed by atoms with Crippen molar-refractivity contribution >= 4 is 17.3 Å². The van der Waals surface area contributed by atoms with Crippen LogP contribution in [-0.4, -0.2) is 22.9 Å². The molecule has 0 unspecified atom stereocenters. The van der Waals surface area contributed by atoms with Crippen LogP contribution in [0, 0.1) is 18.6 Å². The molecule has 1 aromatic carbocycles. The van der Waals surface area contributed by atoms with E-state index in [1.54, 1.807) is 24.9 Å². The van der Waals surface area contributed by atoms with Crippen molar-refractivity contribution in [2.24, 2.45) is 7.05 Å². The number of halogens is 2. The van der Waals surface area contributed by atoms with Crippen LogP contribution in [-0.2, 0) is 11.8 Å². The first-order chi connectivity index (χ1) is 9.43. The Morgan fingerprint density at radius 1 is 1.30 bits per heavy atom. The van der Waals surface area contributed by atoms with Crippen LogP contribution in [0.1, 0.15) is 16.1 Å². The van der Waals surface area contributed by atoms with Crippen molar-refractivity contribution < 1.29 is 18.3 Å². The highest BCUT2D eigenvalue weighted by Gasteiger charge is 2.19. The summed E-state index contributed by atoms with van der Waals surface area (Å²) in [6.07, 6.45) is 1.64. The average molecular weight is 281 g/mol. The third-order valence-corrected chi connectivity index (χ3v) is 2.77. The van der Waals surface area contributed by atoms with Crippen LogP contribution in [0.2, 0.25) is 0 Å². The van der Waals surface area contributed by atoms with E-state index in [1.165, 1.54) is 6.07 Å². The minimum absolute atomic E-state index is 0.0775. The van der Waals surface area contributed by atoms with Crippen molar-refractivity contribution in [1.29, 1.82) is 0 Å². The molecule has 0 radical (unpaired) electrons. The lowest BCUT2D eigenvalue weighted by Gasteiger charge is -2.09. The molecule has 20 heavy (non-hydrogen) atoms. The SMILES string of the molecule is COC(=O)c1ccc(Nc2cn(C)nc2C)c(F)c1F. The van der Waals surface area contributed by atoms with E-state index in [0.29, 0.717) is 11.4 Å². The maximum absolute atomic E-state index is 13.9. The maximum Gasteiger partial charge on any atom is 0.340 e. The number of nitrogens with zero attached hydrogens (tertiary/aromatic N) is 2. The zero-order valence-electron chi connectivity index (χ0n) is 11.2. The molecule has 0 aliphatic carbocycles. The van der Waals surface area contributed by atoms with E-state index in [2.05, 4.69) is 15.2 Å². The number of nitrogens with one attached hydrogen (secondary N) is 1. The quantitative estimate of drug-likeness (QED) is 0.878. The lowest BCUT2D eigenvalue weighted by molar-refractivity contribution is 0.0594. The number of methoxy groups -OCH3 is 1. The van der Waals surface area contributed by atoms with Gasteiger partial charge in [-0.1, -0.05) is 0 Å². The van der Waals surface area contributed by atoms with Gasteiger partial charge in [0.15, 0.2) is 11.6 Å². The average Bonchev–Trinajstić information content (AvgIpc) is 2.72. The van der Waals surface area contributed by atoms with E-state index >= 15 is 0 Å². The first-order valence-electron chi connectivity index (χ1n) is 5.77. The van der Waals surface area contributed by atoms with E-state index in [9.17, 15) is 13.6 Å². The second-order valence-corrected chi connectivity index (χ2v) is 4.21. The second kappa shape index (κ2) is 5.28. The van der Waals surface area contributed by atoms with Gasteiger partial charge in [-0.25, -0.2) is 13.6 Å². The highest BCUT2D eigenvalue weighted by molar-refractivity contribution is 5.90. The molecule has 0 saturated carbocycles. The number of ether oxygens (including phenoxy) is 1. The molecule has 0 aliphatic heterocycles. The lowest BCUT2D eigenvalue weighted by Crippen LogP contribution is -2.07. The summed E-state index contributed by atoms with van der Waals surface area (Å²) in [5.74, 6) is -3.31. The summed E-state index contributed by atoms with van der Waals surface area (Å²) in [5, 5.41) is 6.82. The van der Waals surface area contributed by atoms with Crippen LogP contribution >= 0.6 is 0 Å². The van der Waals surface area contributed by atoms with Gasteiger partial charge in [0.05, 0.1) is 29.7 Å². The van der Waals surface area contributed by atoms with Crippen LogP contribution in [0.4, 0.5) is 20.2 Å². The minimum atomic E-state index is -1.25. The molecule has 2 rings (SSSR count). The molecule has 2 aromatic rings. The van der Waals surface area contributed by atoms with Gasteiger partial charge >= 0.3 is 5.97 Å². The van der Waals surface area contributed by atoms with Gasteiger partial charge in [0.25, 0.3) is 0 Å². The van der Waals surface area contributed by atoms with Gasteiger partial charge in [-0.3, -0.25) is 4.68 Å². The smallest absolute Gasteiger partial charge is 0.340 e. The van der Waals surface area contributed by atoms with Gasteiger partial charge in [0.2, 0.25) is 0 Å². The Bertz CT molecular complexity index is 668. The number of esters is 1. The van der Waals surface area contributed by atoms with Crippen LogP contribution in [0.25, 0.3) is 0 Å². The molecule has 0 fully saturated rings. The highest BCUT2D eigenvalue weighted by Crippen LogP contribution is 2.25. The Kier molecular flexibility index (Phi) is 3.69. The number of carbonyl (C=O) groups excluding carboxylic acids is 1. The van der Waals surface area contributed by atoms with Crippen molar-refractivity contribution in [3.8, 4) is 0 Å². The van der Waals surface area contributed by atoms with Crippen LogP contribution in [0.3, 0.4) is 0 Å². The number of aromatic nitrogens is 2. The number of hydrogen-bond acceptors (Lipinski definition) is 4. The molecular weight excluding hydrogens is 268 g/mol. The summed E-state index contributed by atoms with van der Waals surface area (Å²) in [6, 6.07) is 2.44. The van der Waals surface area contributed by atoms with Gasteiger partial charge in [-0.15, -0.1) is 0 Å². The normalized spacial score (nSPS) is 10.4. The van der Waals surface area contributed by atoms with Gasteiger partial charge < -0.3 is 10.1 Å². The van der Waals surface area contributed by atoms with Crippen LogP contribution < -0.4 is 5.32 Å². The minimum Gasteiger partial charge on any atom is -0.465 e. The maximum atomic E-state index is 13.9. The molecular formula is C13H13F2N3O2. The van der Waals surface area contributed by atoms with E-state index < -0.39 is 23.2 Å². The van der Waals surface area contributed by atoms with Gasteiger partial charge in [-0.05, 0) is 19.1 Å². The standard InChI is InChI=1S/C13H13F2N3O2/c1-7-10(6-18(2)17-7)16-9-5-4-8(13(19)20-3)11(14)12(9)15/h4-6,16H,1-3H3. The first kappa shape index (κ1) is 14.0. The van der Waals surface area contributed by atoms with Gasteiger partial charge in [0, 0.05) is 13.2 Å². The first-order valence-corrected chi connectivity index (χ1v) is 5.77. The molecule has 7 heteroatoms. The monoisotopic (exact) mass is 281 g/mol. The van der Waals surface area contributed by atoms with Gasteiger partial charge in [-0.2, -0.15) is 5.10 Å². The molecule has 0 spiro atoms. The van der Waals surface area contributed by atoms with E-state index in [-0.39, 0.29) is 5.69 Å². The highest BCUT2D eigenvalue weighted by atomic mass is 19.2. The summed E-state index contributed by atoms with van der Waals surface area (Å²) in [6.45, 7) is 1.74. The zero-order chi connectivity index (χ0) is 14.9. The third-order valence-electron chi connectivity index (χ3n) is 2.77. The topological polar surface area (TPSA) is 56.1 Å². The lowest BCUT2D eigenvalue weighted by atomic mass is 10.1. The molecule has 0 aliphatic rings. The largest absolute Gasteiger partial charge is 0.465 e. The Morgan fingerprint density at radius 2 is 2.00 bits per heavy atom. The van der Waals surface area contributed by atoms with Crippen LogP contribution in [0.5, 0.6) is 0 Å². The third kappa shape index (κ3) is 2.47. The summed E-state index contributed by atoms with van der Waals surface area (Å²) < 4.78 is 33.6. The number of rotatable bonds is 3. The molecule has 1 N–H and O–H groups in total. The Morgan fingerprint density at radius 3 is 2.55 bits per heavy atom. The molecule has 0 atom stereocenters. The fourth-order valence-electron chi connectivity index (χ4n) is 1.78. The van der Waals surface area contributed by atoms with E-state index in [1.807, 2.05) is 0 Å². The summed E-state index contributed by atoms with van der Waals surface area (Å²) in [4.78, 5) is 11.3. The van der Waals surface area contributed by atoms with Crippen molar-refractivity contribution in [3.05, 3.63) is 41.2 Å². The number of aryl methyl sites for hydroxylation is 2. The van der Waals surface area contributed by atoms with Crippen molar-refractivity contribution in [1.82, 2.24) is 9.78 Å². The number of anilines is 2. The van der Waals surface area contributed by atoms with Gasteiger partial charge in [0.1, 0.15) is 0 Å². The number of hydrogen-bond donors (Lipinski definition) is 1. The Labute approximate surface area is 114 Å². The summed E-state index contributed by atoms with van der Waals surface area (Å²) >= 11 is 0. The second-order valence-electron chi connectivity index (χ2n) is 4.21. The molecule has 1 heterocycles. The predicted octanol–water partition coefficient (Wildman–Crippen LogP) is 2.54. The summed E-state index contributed by atoms with van der Waals surface area (Å²) in [7, 11) is 2.82. The molecule has 1 aromatic heterocycles. The van der Waals surface area contributed by atoms with Crippen molar-refractivity contribution in [2.45, 2.75) is 6.92 Å². The molecule has 0 amide bonds. The van der Waals surface area contributed by atoms with Crippen molar-refractivity contribution in [3.63, 3.8) is 0 Å². The van der Waals surface area contributed by atoms with Crippen molar-refractivity contribution in [2.75, 3.05) is 12.4 Å². The Balaban J connectivity index is 2.37. The fraction of sp³-hybridized carbons (Fsp3) is 0.231.